The van der Waals surface area contributed by atoms with E-state index in [1.165, 1.54) is 7.11 Å². The molecule has 0 radical (unpaired) electrons. The molecule has 10 heteroatoms. The second kappa shape index (κ2) is 12.2. The van der Waals surface area contributed by atoms with Gasteiger partial charge in [-0.1, -0.05) is 72.0 Å². The van der Waals surface area contributed by atoms with Crippen LogP contribution in [0.1, 0.15) is 83.3 Å². The minimum absolute atomic E-state index is 0. The molecule has 3 aliphatic rings. The van der Waals surface area contributed by atoms with Crippen molar-refractivity contribution in [2.45, 2.75) is 66.8 Å². The van der Waals surface area contributed by atoms with Crippen LogP contribution in [0.15, 0.2) is 5.70 Å². The van der Waals surface area contributed by atoms with Crippen LogP contribution in [0.25, 0.3) is 35.2 Å². The average molecular weight is 617 g/mol. The van der Waals surface area contributed by atoms with Gasteiger partial charge in [-0.15, -0.1) is 33.1 Å². The summed E-state index contributed by atoms with van der Waals surface area (Å²) in [6.45, 7) is 12.0. The molecule has 5 heterocycles. The van der Waals surface area contributed by atoms with E-state index in [9.17, 15) is 19.5 Å². The van der Waals surface area contributed by atoms with Gasteiger partial charge in [-0.2, -0.15) is 5.70 Å². The van der Waals surface area contributed by atoms with Crippen molar-refractivity contribution in [2.75, 3.05) is 7.11 Å². The number of methoxy groups -OCH3 is 1. The van der Waals surface area contributed by atoms with E-state index in [0.29, 0.717) is 33.8 Å². The normalized spacial score (nSPS) is 24.6. The Labute approximate surface area is 277 Å². The monoisotopic (exact) mass is 616 g/mol. The quantitative estimate of drug-likeness (QED) is 0.259. The molecular weight excluding hydrogens is 581 g/mol. The number of hydrogen-bond acceptors (Lipinski definition) is 4. The Morgan fingerprint density at radius 1 is 0.978 bits per heavy atom. The first-order valence-corrected chi connectivity index (χ1v) is 15.1. The third-order valence-corrected chi connectivity index (χ3v) is 9.74. The minimum atomic E-state index is -1.19. The third kappa shape index (κ3) is 5.12. The Bertz CT molecular complexity index is 2030. The molecule has 0 saturated carbocycles. The SMILES string of the molecule is C/C=c1\c(C)c2[n-]\c1=C/c1[n-]c(c(CC)c1C)/C=c1\[n-]c3c(c1C)C(=O)[C@H](C(=O)OC)C=3C1[N-]/C(=C\2)[C@@H](C)[C@@H]1CCC(=O)O.[Mg+2]. The number of carbonyl (C=O) groups excluding carboxylic acids is 2. The Morgan fingerprint density at radius 3 is 2.31 bits per heavy atom. The molecule has 8 bridgehead atoms. The minimum Gasteiger partial charge on any atom is -0.681 e. The van der Waals surface area contributed by atoms with Crippen molar-refractivity contribution in [2.24, 2.45) is 17.8 Å². The molecular formula is C35H36MgN4O5-2. The van der Waals surface area contributed by atoms with Gasteiger partial charge in [-0.05, 0) is 57.6 Å². The van der Waals surface area contributed by atoms with Gasteiger partial charge in [0.15, 0.2) is 5.78 Å². The number of ketones is 1. The summed E-state index contributed by atoms with van der Waals surface area (Å²) >= 11 is 0. The van der Waals surface area contributed by atoms with E-state index in [-0.39, 0.29) is 47.1 Å². The van der Waals surface area contributed by atoms with Gasteiger partial charge in [0.25, 0.3) is 0 Å². The van der Waals surface area contributed by atoms with E-state index in [1.807, 2.05) is 52.0 Å². The second-order valence-electron chi connectivity index (χ2n) is 12.0. The van der Waals surface area contributed by atoms with Gasteiger partial charge in [0.1, 0.15) is 5.92 Å². The summed E-state index contributed by atoms with van der Waals surface area (Å²) in [6.07, 6.45) is 8.98. The largest absolute Gasteiger partial charge is 2.00 e. The van der Waals surface area contributed by atoms with Crippen LogP contribution in [-0.2, 0) is 20.7 Å². The summed E-state index contributed by atoms with van der Waals surface area (Å²) in [5.74, 6) is -3.55. The Hall–Kier alpha value is -3.76. The number of esters is 1. The molecule has 1 fully saturated rings. The number of fused-ring (bicyclic) bond motifs is 8. The van der Waals surface area contributed by atoms with Crippen molar-refractivity contribution in [3.8, 4) is 0 Å². The van der Waals surface area contributed by atoms with Crippen LogP contribution in [0.2, 0.25) is 0 Å². The first kappa shape index (κ1) is 32.6. The summed E-state index contributed by atoms with van der Waals surface area (Å²) in [7, 11) is 1.27. The molecule has 4 atom stereocenters. The zero-order valence-corrected chi connectivity index (χ0v) is 28.2. The fourth-order valence-corrected chi connectivity index (χ4v) is 7.29. The molecule has 230 valence electrons. The van der Waals surface area contributed by atoms with Crippen LogP contribution in [0.4, 0.5) is 0 Å². The van der Waals surface area contributed by atoms with E-state index >= 15 is 0 Å². The van der Waals surface area contributed by atoms with Gasteiger partial charge >= 0.3 is 35.0 Å². The average Bonchev–Trinajstić information content (AvgIpc) is 3.72. The molecule has 1 aliphatic carbocycles. The van der Waals surface area contributed by atoms with Crippen molar-refractivity contribution in [1.82, 2.24) is 15.0 Å². The van der Waals surface area contributed by atoms with Crippen molar-refractivity contribution < 1.29 is 24.2 Å². The number of rotatable bonds is 5. The van der Waals surface area contributed by atoms with E-state index in [0.717, 1.165) is 56.5 Å². The number of hydrogen-bond donors (Lipinski definition) is 1. The second-order valence-corrected chi connectivity index (χ2v) is 12.0. The molecule has 3 aromatic rings. The zero-order valence-electron chi connectivity index (χ0n) is 26.8. The van der Waals surface area contributed by atoms with Crippen molar-refractivity contribution >= 4 is 70.7 Å². The van der Waals surface area contributed by atoms with Crippen LogP contribution in [0, 0.1) is 38.5 Å². The molecule has 0 aromatic carbocycles. The standard InChI is InChI=1S/C35H38N4O5.Mg/c1-8-19-15(3)22-12-24-17(5)21(10-11-28(40)41)32(38-24)30-31(35(43)44-7)34(42)29-18(6)25(39-33(29)30)14-27-20(9-2)16(4)23(37-27)13-26(19)36-22;/h8,12-14,17,21,31-32H,9-11H2,1-7H3,(H3,36,37,40,41,42);/q-2;+2/p-2/b19-8+,24-12-;/t17-,21-,31+,32?;/m0./s1. The molecule has 45 heavy (non-hydrogen) atoms. The number of ether oxygens (including phenoxy) is 1. The maximum atomic E-state index is 14.0. The van der Waals surface area contributed by atoms with Crippen LogP contribution < -0.4 is 36.2 Å². The van der Waals surface area contributed by atoms with Gasteiger partial charge in [-0.3, -0.25) is 14.4 Å². The van der Waals surface area contributed by atoms with E-state index < -0.39 is 23.9 Å². The number of aliphatic carboxylic acids is 1. The summed E-state index contributed by atoms with van der Waals surface area (Å²) in [6, 6.07) is -0.629. The van der Waals surface area contributed by atoms with Crippen molar-refractivity contribution in [3.05, 3.63) is 77.2 Å². The Kier molecular flexibility index (Phi) is 8.85. The molecule has 6 rings (SSSR count). The van der Waals surface area contributed by atoms with Gasteiger partial charge in [0, 0.05) is 12.0 Å². The van der Waals surface area contributed by atoms with Crippen LogP contribution >= 0.6 is 0 Å². The van der Waals surface area contributed by atoms with Gasteiger partial charge in [-0.25, -0.2) is 0 Å². The predicted octanol–water partition coefficient (Wildman–Crippen LogP) is 1.49. The molecule has 0 spiro atoms. The Balaban J connectivity index is 0.00000400. The van der Waals surface area contributed by atoms with Gasteiger partial charge in [0.05, 0.1) is 7.11 Å². The molecule has 9 nitrogen and oxygen atoms in total. The Morgan fingerprint density at radius 2 is 1.67 bits per heavy atom. The first-order valence-electron chi connectivity index (χ1n) is 15.1. The number of Topliss-reactive ketones (excluding diaryl/α,β-unsaturated/α-hetero) is 1. The number of carbonyl (C=O) groups is 3. The maximum absolute atomic E-state index is 14.0. The number of nitrogens with zero attached hydrogens (tertiary/aromatic N) is 4. The van der Waals surface area contributed by atoms with Crippen LogP contribution in [-0.4, -0.2) is 59.0 Å². The van der Waals surface area contributed by atoms with E-state index in [2.05, 4.69) is 13.8 Å². The predicted molar refractivity (Wildman–Crippen MR) is 172 cm³/mol. The van der Waals surface area contributed by atoms with Crippen LogP contribution in [0.3, 0.4) is 0 Å². The molecule has 1 unspecified atom stereocenters. The van der Waals surface area contributed by atoms with Crippen molar-refractivity contribution in [1.29, 1.82) is 0 Å². The molecule has 1 saturated heterocycles. The fourth-order valence-electron chi connectivity index (χ4n) is 7.29. The molecule has 3 aromatic heterocycles. The van der Waals surface area contributed by atoms with Crippen molar-refractivity contribution in [3.63, 3.8) is 0 Å². The molecule has 0 amide bonds. The van der Waals surface area contributed by atoms with Gasteiger partial charge in [0.2, 0.25) is 0 Å². The number of carboxylic acid groups (broad SMARTS) is 1. The number of allylic oxidation sites excluding steroid dienone is 1. The number of carboxylic acids is 1. The van der Waals surface area contributed by atoms with Gasteiger partial charge < -0.3 is 30.1 Å². The van der Waals surface area contributed by atoms with Crippen LogP contribution in [0.5, 0.6) is 0 Å². The summed E-state index contributed by atoms with van der Waals surface area (Å²) in [4.78, 5) is 53.9. The third-order valence-electron chi connectivity index (χ3n) is 9.74. The zero-order chi connectivity index (χ0) is 31.6. The summed E-state index contributed by atoms with van der Waals surface area (Å²) < 4.78 is 5.13. The summed E-state index contributed by atoms with van der Waals surface area (Å²) in [5, 5.41) is 17.6. The maximum Gasteiger partial charge on any atom is 2.00 e. The summed E-state index contributed by atoms with van der Waals surface area (Å²) in [5.41, 5.74) is 7.87. The number of aromatic nitrogens is 3. The fraction of sp³-hybridized carbons (Fsp3) is 0.400. The van der Waals surface area contributed by atoms with E-state index in [1.54, 1.807) is 0 Å². The van der Waals surface area contributed by atoms with E-state index in [4.69, 9.17) is 25.0 Å². The molecule has 2 aliphatic heterocycles. The molecule has 1 N–H and O–H groups in total. The smallest absolute Gasteiger partial charge is 0.681 e. The first-order chi connectivity index (χ1) is 21.0. The topological polar surface area (TPSA) is 137 Å².